The van der Waals surface area contributed by atoms with Crippen molar-refractivity contribution in [3.05, 3.63) is 84.9 Å². The fraction of sp³-hybridized carbons (Fsp3) is 0.167. The summed E-state index contributed by atoms with van der Waals surface area (Å²) >= 11 is 0. The minimum Gasteiger partial charge on any atom is -0.290 e. The second-order valence-electron chi connectivity index (χ2n) is 7.14. The van der Waals surface area contributed by atoms with E-state index in [1.807, 2.05) is 126 Å². The van der Waals surface area contributed by atoms with E-state index in [9.17, 15) is 0 Å². The van der Waals surface area contributed by atoms with Crippen molar-refractivity contribution in [3.63, 3.8) is 0 Å². The summed E-state index contributed by atoms with van der Waals surface area (Å²) in [6.07, 6.45) is 0. The van der Waals surface area contributed by atoms with Crippen molar-refractivity contribution in [3.8, 4) is 0 Å². The van der Waals surface area contributed by atoms with Crippen LogP contribution in [0.3, 0.4) is 0 Å². The average Bonchev–Trinajstić information content (AvgIpc) is 2.82. The van der Waals surface area contributed by atoms with E-state index < -0.39 is 0 Å². The molecule has 0 heterocycles. The summed E-state index contributed by atoms with van der Waals surface area (Å²) in [7, 11) is 7.82. The van der Waals surface area contributed by atoms with Gasteiger partial charge in [-0.3, -0.25) is 11.5 Å². The Bertz CT molecular complexity index is 975. The Morgan fingerprint density at radius 1 is 0.600 bits per heavy atom. The van der Waals surface area contributed by atoms with E-state index >= 15 is 0 Å². The Morgan fingerprint density at radius 3 is 1.33 bits per heavy atom. The predicted octanol–water partition coefficient (Wildman–Crippen LogP) is 3.14. The van der Waals surface area contributed by atoms with E-state index in [2.05, 4.69) is 6.07 Å². The molecule has 30 heavy (non-hydrogen) atoms. The summed E-state index contributed by atoms with van der Waals surface area (Å²) in [6, 6.07) is 28.2. The number of nitrogens with zero attached hydrogens (tertiary/aromatic N) is 4. The molecule has 6 nitrogen and oxygen atoms in total. The van der Waals surface area contributed by atoms with Crippen LogP contribution >= 0.6 is 0 Å². The van der Waals surface area contributed by atoms with Gasteiger partial charge >= 0.3 is 11.9 Å². The maximum atomic E-state index is 6.45. The van der Waals surface area contributed by atoms with Gasteiger partial charge in [-0.15, -0.1) is 0 Å². The van der Waals surface area contributed by atoms with Crippen molar-refractivity contribution < 1.29 is 9.15 Å². The van der Waals surface area contributed by atoms with Crippen molar-refractivity contribution in [1.29, 1.82) is 0 Å². The van der Waals surface area contributed by atoms with Crippen molar-refractivity contribution >= 4 is 34.7 Å². The van der Waals surface area contributed by atoms with Crippen LogP contribution in [0.25, 0.3) is 0 Å². The predicted molar refractivity (Wildman–Crippen MR) is 126 cm³/mol. The first-order chi connectivity index (χ1) is 14.4. The summed E-state index contributed by atoms with van der Waals surface area (Å²) in [5.41, 5.74) is 16.9. The molecule has 6 heteroatoms. The number of anilines is 2. The topological polar surface area (TPSA) is 64.5 Å². The van der Waals surface area contributed by atoms with Crippen LogP contribution in [0.4, 0.5) is 22.7 Å². The van der Waals surface area contributed by atoms with Gasteiger partial charge in [-0.1, -0.05) is 42.5 Å². The Hall–Kier alpha value is -3.80. The normalized spacial score (nSPS) is 12.7. The highest BCUT2D eigenvalue weighted by Gasteiger charge is 2.20. The van der Waals surface area contributed by atoms with E-state index in [0.29, 0.717) is 11.9 Å². The molecule has 3 rings (SSSR count). The van der Waals surface area contributed by atoms with Gasteiger partial charge in [0.25, 0.3) is 0 Å². The first-order valence-electron chi connectivity index (χ1n) is 9.80. The third-order valence-electron chi connectivity index (χ3n) is 5.27. The lowest BCUT2D eigenvalue weighted by molar-refractivity contribution is -0.407. The quantitative estimate of drug-likeness (QED) is 0.400. The third-order valence-corrected chi connectivity index (χ3v) is 5.27. The van der Waals surface area contributed by atoms with Gasteiger partial charge in [-0.25, -0.2) is 19.0 Å². The highest BCUT2D eigenvalue weighted by Crippen LogP contribution is 2.22. The monoisotopic (exact) mass is 402 g/mol. The summed E-state index contributed by atoms with van der Waals surface area (Å²) in [6.45, 7) is 0. The molecule has 0 atom stereocenters. The molecule has 0 bridgehead atoms. The number of hydrogen-bond donors (Lipinski definition) is 2. The smallest absolute Gasteiger partial charge is 0.290 e. The van der Waals surface area contributed by atoms with Crippen molar-refractivity contribution in [2.45, 2.75) is 0 Å². The average molecular weight is 403 g/mol. The van der Waals surface area contributed by atoms with Gasteiger partial charge in [0.2, 0.25) is 0 Å². The molecule has 0 spiro atoms. The highest BCUT2D eigenvalue weighted by atomic mass is 15.3. The molecule has 0 unspecified atom stereocenters. The molecular weight excluding hydrogens is 372 g/mol. The van der Waals surface area contributed by atoms with Gasteiger partial charge < -0.3 is 0 Å². The van der Waals surface area contributed by atoms with Crippen LogP contribution in [0.15, 0.2) is 84.9 Å². The summed E-state index contributed by atoms with van der Waals surface area (Å²) < 4.78 is 3.92. The largest absolute Gasteiger partial charge is 0.355 e. The minimum absolute atomic E-state index is 0.624. The molecule has 0 aliphatic heterocycles. The molecule has 154 valence electrons. The number of guanidine groups is 2. The van der Waals surface area contributed by atoms with E-state index in [-0.39, 0.29) is 0 Å². The number of rotatable bonds is 4. The maximum absolute atomic E-state index is 6.45. The third kappa shape index (κ3) is 4.43. The standard InChI is InChI=1S/C24H28N6/c1-27(19-12-7-5-8-13-19)23(25)29(3)21-16-11-17-22(18-21)30(4)24(26)28(2)20-14-9-6-10-15-20/h5-18,25-26H,1-4H3/p+2. The Kier molecular flexibility index (Phi) is 6.37. The fourth-order valence-corrected chi connectivity index (χ4v) is 3.19. The molecule has 3 aromatic rings. The van der Waals surface area contributed by atoms with Crippen molar-refractivity contribution in [1.82, 2.24) is 0 Å². The van der Waals surface area contributed by atoms with Crippen LogP contribution in [0.5, 0.6) is 0 Å². The molecule has 0 aliphatic carbocycles. The minimum atomic E-state index is 0.624. The van der Waals surface area contributed by atoms with Crippen LogP contribution in [0, 0.1) is 0 Å². The van der Waals surface area contributed by atoms with Crippen LogP contribution in [0.1, 0.15) is 0 Å². The second-order valence-corrected chi connectivity index (χ2v) is 7.14. The van der Waals surface area contributed by atoms with Crippen LogP contribution in [0.2, 0.25) is 0 Å². The Balaban J connectivity index is 1.90. The molecule has 4 N–H and O–H groups in total. The van der Waals surface area contributed by atoms with Gasteiger partial charge in [0, 0.05) is 6.07 Å². The lowest BCUT2D eigenvalue weighted by Gasteiger charge is -2.18. The number of para-hydroxylation sites is 2. The maximum Gasteiger partial charge on any atom is 0.355 e. The Morgan fingerprint density at radius 2 is 0.967 bits per heavy atom. The van der Waals surface area contributed by atoms with Crippen LogP contribution in [-0.4, -0.2) is 49.3 Å². The number of benzene rings is 3. The van der Waals surface area contributed by atoms with E-state index in [1.165, 1.54) is 0 Å². The molecule has 0 radical (unpaired) electrons. The zero-order valence-corrected chi connectivity index (χ0v) is 18.0. The lowest BCUT2D eigenvalue weighted by Crippen LogP contribution is -2.41. The molecule has 0 fully saturated rings. The first-order valence-corrected chi connectivity index (χ1v) is 9.80. The van der Waals surface area contributed by atoms with Crippen LogP contribution < -0.4 is 21.3 Å². The summed E-state index contributed by atoms with van der Waals surface area (Å²) in [5, 5.41) is 0. The van der Waals surface area contributed by atoms with E-state index in [0.717, 1.165) is 22.7 Å². The van der Waals surface area contributed by atoms with Gasteiger partial charge in [0.15, 0.2) is 0 Å². The summed E-state index contributed by atoms with van der Waals surface area (Å²) in [4.78, 5) is 3.92. The molecule has 0 aromatic heterocycles. The van der Waals surface area contributed by atoms with Crippen molar-refractivity contribution in [2.24, 2.45) is 11.5 Å². The van der Waals surface area contributed by atoms with Crippen LogP contribution in [-0.2, 0) is 0 Å². The van der Waals surface area contributed by atoms with Crippen molar-refractivity contribution in [2.75, 3.05) is 38.0 Å². The SMILES string of the molecule is CN(C(N)=[N+](C)c1ccccc1)c1cccc(N(C)C(N)=[N+](C)c2ccccc2)c1. The van der Waals surface area contributed by atoms with Gasteiger partial charge in [0.05, 0.1) is 28.2 Å². The van der Waals surface area contributed by atoms with Gasteiger partial charge in [0.1, 0.15) is 22.7 Å². The first kappa shape index (κ1) is 20.9. The molecule has 0 aliphatic rings. The molecule has 0 amide bonds. The molecule has 3 aromatic carbocycles. The zero-order chi connectivity index (χ0) is 21.7. The zero-order valence-electron chi connectivity index (χ0n) is 18.0. The number of hydrogen-bond acceptors (Lipinski definition) is 0. The molecule has 0 saturated carbocycles. The number of nitrogens with two attached hydrogens (primary N) is 2. The van der Waals surface area contributed by atoms with Gasteiger partial charge in [-0.05, 0) is 36.4 Å². The molecular formula is C24H30N6+2. The summed E-state index contributed by atoms with van der Waals surface area (Å²) in [5.74, 6) is 1.25. The lowest BCUT2D eigenvalue weighted by atomic mass is 10.2. The highest BCUT2D eigenvalue weighted by molar-refractivity contribution is 5.94. The molecule has 0 saturated heterocycles. The Labute approximate surface area is 178 Å². The van der Waals surface area contributed by atoms with E-state index in [4.69, 9.17) is 11.5 Å². The van der Waals surface area contributed by atoms with Gasteiger partial charge in [-0.2, -0.15) is 0 Å². The van der Waals surface area contributed by atoms with E-state index in [1.54, 1.807) is 0 Å². The fourth-order valence-electron chi connectivity index (χ4n) is 3.19. The second kappa shape index (κ2) is 9.13.